The lowest BCUT2D eigenvalue weighted by Gasteiger charge is -2.13. The molecule has 0 aliphatic rings. The third-order valence-corrected chi connectivity index (χ3v) is 5.22. The second-order valence-electron chi connectivity index (χ2n) is 6.26. The summed E-state index contributed by atoms with van der Waals surface area (Å²) in [7, 11) is 0. The monoisotopic (exact) mass is 368 g/mol. The predicted octanol–water partition coefficient (Wildman–Crippen LogP) is 6.06. The molecule has 0 amide bonds. The van der Waals surface area contributed by atoms with Crippen molar-refractivity contribution >= 4 is 44.7 Å². The van der Waals surface area contributed by atoms with Crippen LogP contribution in [0.25, 0.3) is 21.5 Å². The van der Waals surface area contributed by atoms with Crippen LogP contribution in [-0.4, -0.2) is 15.4 Å². The Morgan fingerprint density at radius 1 is 0.960 bits per heavy atom. The first-order valence-electron chi connectivity index (χ1n) is 8.41. The maximum absolute atomic E-state index is 6.48. The van der Waals surface area contributed by atoms with Gasteiger partial charge in [0.25, 0.3) is 0 Å². The summed E-state index contributed by atoms with van der Waals surface area (Å²) in [5.74, 6) is 0.668. The van der Waals surface area contributed by atoms with Gasteiger partial charge in [0.1, 0.15) is 0 Å². The molecule has 126 valence electrons. The van der Waals surface area contributed by atoms with Gasteiger partial charge in [-0.05, 0) is 52.8 Å². The number of hydrogen-bond donors (Lipinski definition) is 0. The largest absolute Gasteiger partial charge is 0.330 e. The van der Waals surface area contributed by atoms with Crippen molar-refractivity contribution < 1.29 is 0 Å². The average molecular weight is 369 g/mol. The van der Waals surface area contributed by atoms with E-state index in [0.717, 1.165) is 29.8 Å². The van der Waals surface area contributed by atoms with E-state index in [2.05, 4.69) is 52.0 Å². The number of nitrogens with zero attached hydrogens (tertiary/aromatic N) is 2. The van der Waals surface area contributed by atoms with Gasteiger partial charge in [-0.15, -0.1) is 11.6 Å². The standard InChI is InChI=1S/C21H18Cl2N2/c22-9-3-6-18-12-24-14-25(18)13-17-7-8-21(23)20-11-16-5-2-1-4-15(16)10-19(17)20/h1-2,4-5,7-8,10-12,14H,3,6,9,13H2. The van der Waals surface area contributed by atoms with Gasteiger partial charge in [-0.1, -0.05) is 41.9 Å². The van der Waals surface area contributed by atoms with Gasteiger partial charge in [0.05, 0.1) is 6.33 Å². The van der Waals surface area contributed by atoms with E-state index in [1.165, 1.54) is 27.4 Å². The van der Waals surface area contributed by atoms with Crippen LogP contribution in [0, 0.1) is 0 Å². The Morgan fingerprint density at radius 3 is 2.48 bits per heavy atom. The van der Waals surface area contributed by atoms with Crippen molar-refractivity contribution in [1.29, 1.82) is 0 Å². The van der Waals surface area contributed by atoms with Crippen molar-refractivity contribution in [2.24, 2.45) is 0 Å². The molecule has 25 heavy (non-hydrogen) atoms. The lowest BCUT2D eigenvalue weighted by atomic mass is 9.99. The van der Waals surface area contributed by atoms with Crippen molar-refractivity contribution in [2.75, 3.05) is 5.88 Å². The van der Waals surface area contributed by atoms with Crippen LogP contribution in [-0.2, 0) is 13.0 Å². The highest BCUT2D eigenvalue weighted by Gasteiger charge is 2.09. The number of benzene rings is 3. The molecule has 0 atom stereocenters. The second-order valence-corrected chi connectivity index (χ2v) is 7.04. The molecule has 0 radical (unpaired) electrons. The zero-order chi connectivity index (χ0) is 17.2. The summed E-state index contributed by atoms with van der Waals surface area (Å²) >= 11 is 12.3. The van der Waals surface area contributed by atoms with Gasteiger partial charge >= 0.3 is 0 Å². The number of fused-ring (bicyclic) bond motifs is 2. The molecule has 0 bridgehead atoms. The van der Waals surface area contributed by atoms with E-state index < -0.39 is 0 Å². The smallest absolute Gasteiger partial charge is 0.0951 e. The third kappa shape index (κ3) is 3.24. The van der Waals surface area contributed by atoms with Crippen LogP contribution in [0.2, 0.25) is 5.02 Å². The van der Waals surface area contributed by atoms with E-state index in [4.69, 9.17) is 23.2 Å². The molecular formula is C21H18Cl2N2. The Hall–Kier alpha value is -2.03. The minimum Gasteiger partial charge on any atom is -0.330 e. The molecule has 4 heteroatoms. The predicted molar refractivity (Wildman–Crippen MR) is 107 cm³/mol. The SMILES string of the molecule is ClCCCc1cncn1Cc1ccc(Cl)c2cc3ccccc3cc12. The summed E-state index contributed by atoms with van der Waals surface area (Å²) in [5.41, 5.74) is 2.46. The maximum Gasteiger partial charge on any atom is 0.0951 e. The van der Waals surface area contributed by atoms with E-state index in [0.29, 0.717) is 5.88 Å². The number of imidazole rings is 1. The molecule has 4 rings (SSSR count). The second kappa shape index (κ2) is 7.07. The number of hydrogen-bond acceptors (Lipinski definition) is 1. The van der Waals surface area contributed by atoms with Crippen molar-refractivity contribution in [3.63, 3.8) is 0 Å². The summed E-state index contributed by atoms with van der Waals surface area (Å²) < 4.78 is 2.20. The summed E-state index contributed by atoms with van der Waals surface area (Å²) in [5, 5.41) is 5.52. The van der Waals surface area contributed by atoms with Crippen LogP contribution in [0.4, 0.5) is 0 Å². The number of aryl methyl sites for hydroxylation is 1. The molecule has 0 aliphatic carbocycles. The molecule has 0 fully saturated rings. The van der Waals surface area contributed by atoms with Gasteiger partial charge in [-0.25, -0.2) is 4.98 Å². The zero-order valence-electron chi connectivity index (χ0n) is 13.8. The topological polar surface area (TPSA) is 17.8 Å². The van der Waals surface area contributed by atoms with Gasteiger partial charge in [0, 0.05) is 34.7 Å². The normalized spacial score (nSPS) is 11.4. The van der Waals surface area contributed by atoms with Crippen LogP contribution in [0.15, 0.2) is 61.1 Å². The highest BCUT2D eigenvalue weighted by Crippen LogP contribution is 2.31. The first-order valence-corrected chi connectivity index (χ1v) is 9.32. The molecule has 0 unspecified atom stereocenters. The Balaban J connectivity index is 1.81. The highest BCUT2D eigenvalue weighted by molar-refractivity contribution is 6.36. The van der Waals surface area contributed by atoms with Crippen LogP contribution in [0.1, 0.15) is 17.7 Å². The summed E-state index contributed by atoms with van der Waals surface area (Å²) in [4.78, 5) is 4.31. The van der Waals surface area contributed by atoms with Crippen molar-refractivity contribution in [3.8, 4) is 0 Å². The van der Waals surface area contributed by atoms with Crippen LogP contribution in [0.5, 0.6) is 0 Å². The quantitative estimate of drug-likeness (QED) is 0.309. The number of alkyl halides is 1. The molecule has 1 aromatic heterocycles. The number of rotatable bonds is 5. The van der Waals surface area contributed by atoms with Gasteiger partial charge in [0.2, 0.25) is 0 Å². The van der Waals surface area contributed by atoms with Crippen molar-refractivity contribution in [1.82, 2.24) is 9.55 Å². The number of halogens is 2. The van der Waals surface area contributed by atoms with Crippen molar-refractivity contribution in [2.45, 2.75) is 19.4 Å². The molecule has 1 heterocycles. The zero-order valence-corrected chi connectivity index (χ0v) is 15.3. The minimum absolute atomic E-state index is 0.668. The Labute approximate surface area is 157 Å². The maximum atomic E-state index is 6.48. The molecule has 0 saturated carbocycles. The molecule has 2 nitrogen and oxygen atoms in total. The molecule has 0 saturated heterocycles. The van der Waals surface area contributed by atoms with Crippen LogP contribution < -0.4 is 0 Å². The first-order chi connectivity index (χ1) is 12.3. The molecular weight excluding hydrogens is 351 g/mol. The van der Waals surface area contributed by atoms with Gasteiger partial charge in [0.15, 0.2) is 0 Å². The molecule has 4 aromatic rings. The molecule has 0 aliphatic heterocycles. The minimum atomic E-state index is 0.668. The number of aromatic nitrogens is 2. The van der Waals surface area contributed by atoms with E-state index in [9.17, 15) is 0 Å². The first kappa shape index (κ1) is 16.4. The van der Waals surface area contributed by atoms with Gasteiger partial charge in [-0.3, -0.25) is 0 Å². The van der Waals surface area contributed by atoms with Crippen LogP contribution >= 0.6 is 23.2 Å². The van der Waals surface area contributed by atoms with Gasteiger partial charge in [-0.2, -0.15) is 0 Å². The summed E-state index contributed by atoms with van der Waals surface area (Å²) in [6, 6.07) is 16.9. The lowest BCUT2D eigenvalue weighted by molar-refractivity contribution is 0.727. The fourth-order valence-electron chi connectivity index (χ4n) is 3.32. The Bertz CT molecular complexity index is 1040. The van der Waals surface area contributed by atoms with Gasteiger partial charge < -0.3 is 4.57 Å². The lowest BCUT2D eigenvalue weighted by Crippen LogP contribution is -2.04. The van der Waals surface area contributed by atoms with E-state index in [1.54, 1.807) is 0 Å². The summed E-state index contributed by atoms with van der Waals surface area (Å²) in [6.45, 7) is 0.781. The third-order valence-electron chi connectivity index (χ3n) is 4.63. The fraction of sp³-hybridized carbons (Fsp3) is 0.190. The Kier molecular flexibility index (Phi) is 4.65. The molecule has 0 N–H and O–H groups in total. The van der Waals surface area contributed by atoms with E-state index >= 15 is 0 Å². The van der Waals surface area contributed by atoms with E-state index in [1.807, 2.05) is 18.6 Å². The van der Waals surface area contributed by atoms with Crippen LogP contribution in [0.3, 0.4) is 0 Å². The average Bonchev–Trinajstić information content (AvgIpc) is 3.08. The highest BCUT2D eigenvalue weighted by atomic mass is 35.5. The van der Waals surface area contributed by atoms with E-state index in [-0.39, 0.29) is 0 Å². The van der Waals surface area contributed by atoms with Crippen molar-refractivity contribution in [3.05, 3.63) is 77.3 Å². The molecule has 0 spiro atoms. The summed E-state index contributed by atoms with van der Waals surface area (Å²) in [6.07, 6.45) is 5.72. The Morgan fingerprint density at radius 2 is 1.72 bits per heavy atom. The molecule has 3 aromatic carbocycles. The fourth-order valence-corrected chi connectivity index (χ4v) is 3.68.